The Hall–Kier alpha value is -3.12. The number of benzene rings is 2. The van der Waals surface area contributed by atoms with E-state index in [1.807, 2.05) is 18.2 Å². The number of alkyl halides is 3. The number of ether oxygens (including phenoxy) is 2. The topological polar surface area (TPSA) is 117 Å². The van der Waals surface area contributed by atoms with E-state index in [0.717, 1.165) is 23.7 Å². The molecule has 1 N–H and O–H groups in total. The molecule has 7 rings (SSSR count). The Morgan fingerprint density at radius 2 is 1.67 bits per heavy atom. The number of phenolic OH excluding ortho intramolecular Hbond substituents is 1. The van der Waals surface area contributed by atoms with Gasteiger partial charge in [-0.05, 0) is 60.7 Å². The number of anilines is 2. The van der Waals surface area contributed by atoms with Crippen molar-refractivity contribution in [1.29, 1.82) is 0 Å². The van der Waals surface area contributed by atoms with E-state index >= 15 is 0 Å². The molecule has 0 spiro atoms. The zero-order valence-corrected chi connectivity index (χ0v) is 27.3. The van der Waals surface area contributed by atoms with Gasteiger partial charge in [-0.2, -0.15) is 0 Å². The maximum Gasteiger partial charge on any atom is 0.254 e. The van der Waals surface area contributed by atoms with Crippen molar-refractivity contribution in [3.63, 3.8) is 0 Å². The lowest BCUT2D eigenvalue weighted by Crippen LogP contribution is -2.60. The number of aromatic hydroxyl groups is 1. The van der Waals surface area contributed by atoms with E-state index in [-0.39, 0.29) is 41.6 Å². The van der Waals surface area contributed by atoms with E-state index in [1.165, 1.54) is 18.1 Å². The van der Waals surface area contributed by atoms with Gasteiger partial charge >= 0.3 is 0 Å². The third-order valence-electron chi connectivity index (χ3n) is 10.0. The van der Waals surface area contributed by atoms with Crippen molar-refractivity contribution < 1.29 is 33.8 Å². The van der Waals surface area contributed by atoms with Gasteiger partial charge in [0.2, 0.25) is 11.8 Å². The van der Waals surface area contributed by atoms with Crippen molar-refractivity contribution in [3.8, 4) is 11.5 Å². The van der Waals surface area contributed by atoms with Crippen LogP contribution < -0.4 is 14.5 Å². The van der Waals surface area contributed by atoms with Gasteiger partial charge in [-0.1, -0.05) is 33.6 Å². The van der Waals surface area contributed by atoms with Crippen LogP contribution in [0.2, 0.25) is 0 Å². The second kappa shape index (κ2) is 11.0. The molecule has 236 valence electrons. The summed E-state index contributed by atoms with van der Waals surface area (Å²) in [6.07, 6.45) is 2.02. The number of morpholine rings is 1. The molecule has 4 fully saturated rings. The van der Waals surface area contributed by atoms with Crippen molar-refractivity contribution in [2.24, 2.45) is 17.8 Å². The molecule has 4 amide bonds. The van der Waals surface area contributed by atoms with Crippen LogP contribution in [0.4, 0.5) is 11.4 Å². The SMILES string of the molecule is COc1cc([C@H]2C3=CC[C@@H]4C(=O)N(c5ccc(N6CCOCC6)cc5)C(=O)[C@@H]4[C@@H]3C[C@@]3(Cl)C(=O)N(CBr)C(=O)[C@@]23Cl)ccc1O. The summed E-state index contributed by atoms with van der Waals surface area (Å²) in [4.78, 5) is 56.5. The van der Waals surface area contributed by atoms with Crippen molar-refractivity contribution >= 4 is 74.1 Å². The summed E-state index contributed by atoms with van der Waals surface area (Å²) >= 11 is 17.8. The van der Waals surface area contributed by atoms with Crippen molar-refractivity contribution in [1.82, 2.24) is 4.90 Å². The van der Waals surface area contributed by atoms with Crippen molar-refractivity contribution in [2.45, 2.75) is 28.5 Å². The highest BCUT2D eigenvalue weighted by atomic mass is 79.9. The van der Waals surface area contributed by atoms with E-state index in [0.29, 0.717) is 30.0 Å². The second-order valence-corrected chi connectivity index (χ2v) is 13.8. The number of carbonyl (C=O) groups excluding carboxylic acids is 4. The molecule has 1 saturated carbocycles. The molecule has 2 aliphatic carbocycles. The Labute approximate surface area is 277 Å². The van der Waals surface area contributed by atoms with Crippen LogP contribution in [-0.4, -0.2) is 82.3 Å². The summed E-state index contributed by atoms with van der Waals surface area (Å²) in [7, 11) is 1.40. The maximum absolute atomic E-state index is 14.3. The fourth-order valence-electron chi connectivity index (χ4n) is 7.89. The zero-order valence-electron chi connectivity index (χ0n) is 24.3. The van der Waals surface area contributed by atoms with Crippen molar-refractivity contribution in [3.05, 3.63) is 59.7 Å². The molecule has 0 aromatic heterocycles. The Bertz CT molecular complexity index is 1650. The molecule has 0 unspecified atom stereocenters. The number of imide groups is 2. The van der Waals surface area contributed by atoms with E-state index in [9.17, 15) is 24.3 Å². The van der Waals surface area contributed by atoms with E-state index < -0.39 is 45.2 Å². The van der Waals surface area contributed by atoms with Crippen LogP contribution in [0, 0.1) is 17.8 Å². The third kappa shape index (κ3) is 4.23. The number of allylic oxidation sites excluding steroid dienone is 2. The minimum atomic E-state index is -1.93. The molecule has 3 aliphatic heterocycles. The first-order valence-electron chi connectivity index (χ1n) is 14.7. The van der Waals surface area contributed by atoms with Crippen LogP contribution in [0.1, 0.15) is 24.3 Å². The summed E-state index contributed by atoms with van der Waals surface area (Å²) in [5, 5.41) is 10.3. The molecule has 13 heteroatoms. The predicted octanol–water partition coefficient (Wildman–Crippen LogP) is 4.15. The largest absolute Gasteiger partial charge is 0.504 e. The van der Waals surface area contributed by atoms with Crippen LogP contribution in [0.15, 0.2) is 54.1 Å². The monoisotopic (exact) mass is 717 g/mol. The molecule has 3 saturated heterocycles. The molecule has 0 bridgehead atoms. The van der Waals surface area contributed by atoms with Crippen molar-refractivity contribution in [2.75, 3.05) is 48.7 Å². The van der Waals surface area contributed by atoms with Gasteiger partial charge in [0, 0.05) is 24.7 Å². The van der Waals surface area contributed by atoms with Gasteiger partial charge in [0.15, 0.2) is 21.2 Å². The number of hydrogen-bond donors (Lipinski definition) is 1. The first kappa shape index (κ1) is 30.5. The van der Waals surface area contributed by atoms with Gasteiger partial charge in [-0.25, -0.2) is 0 Å². The molecule has 2 aromatic carbocycles. The highest BCUT2D eigenvalue weighted by molar-refractivity contribution is 9.09. The number of amides is 4. The van der Waals surface area contributed by atoms with Crippen LogP contribution in [-0.2, 0) is 23.9 Å². The standard InChI is InChI=1S/C32H30BrCl2N3O7/c1-44-24-14-17(2-9-23(24)39)26-20-7-8-21-25(22(20)15-31(34)29(42)37(16-33)30(43)32(26,31)35)28(41)38(27(21)40)19-5-3-18(4-6-19)36-10-12-45-13-11-36/h2-7,9,14,21-22,25-26,39H,8,10-13,15-16H2,1H3/t21-,22+,25-,26-,31+,32-/m0/s1. The van der Waals surface area contributed by atoms with Gasteiger partial charge in [-0.15, -0.1) is 23.2 Å². The Morgan fingerprint density at radius 3 is 2.33 bits per heavy atom. The fraction of sp³-hybridized carbons (Fsp3) is 0.438. The van der Waals surface area contributed by atoms with Crippen LogP contribution >= 0.6 is 39.1 Å². The number of likely N-dealkylation sites (tertiary alicyclic amines) is 1. The predicted molar refractivity (Wildman–Crippen MR) is 170 cm³/mol. The lowest BCUT2D eigenvalue weighted by atomic mass is 9.56. The number of fused-ring (bicyclic) bond motifs is 4. The number of phenols is 1. The normalized spacial score (nSPS) is 32.8. The maximum atomic E-state index is 14.3. The number of halogens is 3. The average Bonchev–Trinajstić information content (AvgIpc) is 3.39. The number of carbonyl (C=O) groups is 4. The molecule has 0 radical (unpaired) electrons. The summed E-state index contributed by atoms with van der Waals surface area (Å²) in [5.41, 5.74) is 2.49. The average molecular weight is 719 g/mol. The van der Waals surface area contributed by atoms with E-state index in [1.54, 1.807) is 24.3 Å². The van der Waals surface area contributed by atoms with Gasteiger partial charge in [-0.3, -0.25) is 29.0 Å². The lowest BCUT2D eigenvalue weighted by Gasteiger charge is -2.50. The summed E-state index contributed by atoms with van der Waals surface area (Å²) in [6, 6.07) is 11.9. The molecule has 10 nitrogen and oxygen atoms in total. The molecule has 5 aliphatic rings. The molecule has 6 atom stereocenters. The summed E-state index contributed by atoms with van der Waals surface area (Å²) in [5.74, 6) is -5.05. The molecule has 3 heterocycles. The first-order valence-corrected chi connectivity index (χ1v) is 16.6. The lowest BCUT2D eigenvalue weighted by molar-refractivity contribution is -0.138. The molecule has 2 aromatic rings. The minimum Gasteiger partial charge on any atom is -0.504 e. The highest BCUT2D eigenvalue weighted by Crippen LogP contribution is 2.65. The summed E-state index contributed by atoms with van der Waals surface area (Å²) in [6.45, 7) is 2.78. The quantitative estimate of drug-likeness (QED) is 0.212. The Kier molecular flexibility index (Phi) is 7.46. The second-order valence-electron chi connectivity index (χ2n) is 12.0. The molecular formula is C32H30BrCl2N3O7. The van der Waals surface area contributed by atoms with Crippen LogP contribution in [0.25, 0.3) is 0 Å². The van der Waals surface area contributed by atoms with Crippen LogP contribution in [0.5, 0.6) is 11.5 Å². The molecule has 45 heavy (non-hydrogen) atoms. The van der Waals surface area contributed by atoms with E-state index in [2.05, 4.69) is 20.8 Å². The summed E-state index contributed by atoms with van der Waals surface area (Å²) < 4.78 is 10.8. The Morgan fingerprint density at radius 1 is 0.978 bits per heavy atom. The third-order valence-corrected chi connectivity index (χ3v) is 12.0. The fourth-order valence-corrected chi connectivity index (χ4v) is 9.31. The van der Waals surface area contributed by atoms with Crippen LogP contribution in [0.3, 0.4) is 0 Å². The van der Waals surface area contributed by atoms with Gasteiger partial charge in [0.25, 0.3) is 11.8 Å². The number of hydrogen-bond acceptors (Lipinski definition) is 8. The smallest absolute Gasteiger partial charge is 0.254 e. The van der Waals surface area contributed by atoms with Gasteiger partial charge in [0.05, 0.1) is 43.3 Å². The number of methoxy groups -OCH3 is 1. The minimum absolute atomic E-state index is 0.103. The number of rotatable bonds is 5. The van der Waals surface area contributed by atoms with Gasteiger partial charge < -0.3 is 19.5 Å². The van der Waals surface area contributed by atoms with E-state index in [4.69, 9.17) is 32.7 Å². The molecular weight excluding hydrogens is 689 g/mol. The Balaban J connectivity index is 1.30. The zero-order chi connectivity index (χ0) is 31.8. The first-order chi connectivity index (χ1) is 21.6. The van der Waals surface area contributed by atoms with Gasteiger partial charge in [0.1, 0.15) is 0 Å². The number of nitrogens with zero attached hydrogens (tertiary/aromatic N) is 3. The highest BCUT2D eigenvalue weighted by Gasteiger charge is 2.76.